The van der Waals surface area contributed by atoms with Gasteiger partial charge in [0, 0.05) is 16.3 Å². The first-order valence-electron chi connectivity index (χ1n) is 6.57. The van der Waals surface area contributed by atoms with Crippen LogP contribution in [0.2, 0.25) is 0 Å². The number of anilines is 1. The first kappa shape index (κ1) is 14.3. The van der Waals surface area contributed by atoms with Crippen LogP contribution in [0.5, 0.6) is 0 Å². The summed E-state index contributed by atoms with van der Waals surface area (Å²) in [5.74, 6) is -0.571. The van der Waals surface area contributed by atoms with Crippen LogP contribution in [-0.2, 0) is 11.2 Å². The molecule has 0 bridgehead atoms. The fourth-order valence-electron chi connectivity index (χ4n) is 2.17. The SMILES string of the molecule is Cc1c(C(=O)Nc2nc(CC(N)=O)cs2)oc2ccccc12. The summed E-state index contributed by atoms with van der Waals surface area (Å²) in [6.45, 7) is 1.83. The van der Waals surface area contributed by atoms with Crippen molar-refractivity contribution in [1.29, 1.82) is 0 Å². The van der Waals surface area contributed by atoms with Gasteiger partial charge < -0.3 is 10.2 Å². The van der Waals surface area contributed by atoms with Crippen molar-refractivity contribution in [3.63, 3.8) is 0 Å². The van der Waals surface area contributed by atoms with Crippen LogP contribution in [0.4, 0.5) is 5.13 Å². The molecule has 7 heteroatoms. The number of benzene rings is 1. The highest BCUT2D eigenvalue weighted by atomic mass is 32.1. The van der Waals surface area contributed by atoms with Gasteiger partial charge in [0.1, 0.15) is 5.58 Å². The molecule has 0 fully saturated rings. The number of para-hydroxylation sites is 1. The van der Waals surface area contributed by atoms with Crippen molar-refractivity contribution in [2.24, 2.45) is 5.73 Å². The topological polar surface area (TPSA) is 98.2 Å². The second kappa shape index (κ2) is 5.61. The lowest BCUT2D eigenvalue weighted by Gasteiger charge is -1.99. The maximum atomic E-state index is 12.3. The molecule has 0 atom stereocenters. The van der Waals surface area contributed by atoms with Crippen molar-refractivity contribution in [2.45, 2.75) is 13.3 Å². The zero-order valence-corrected chi connectivity index (χ0v) is 12.6. The highest BCUT2D eigenvalue weighted by Gasteiger charge is 2.18. The molecule has 3 rings (SSSR count). The number of carbonyl (C=O) groups excluding carboxylic acids is 2. The molecule has 6 nitrogen and oxygen atoms in total. The van der Waals surface area contributed by atoms with Crippen molar-refractivity contribution in [3.05, 3.63) is 46.7 Å². The molecule has 2 heterocycles. The molecule has 0 radical (unpaired) electrons. The molecular weight excluding hydrogens is 302 g/mol. The van der Waals surface area contributed by atoms with Gasteiger partial charge in [-0.05, 0) is 13.0 Å². The number of aryl methyl sites for hydroxylation is 1. The maximum Gasteiger partial charge on any atom is 0.293 e. The Morgan fingerprint density at radius 3 is 2.86 bits per heavy atom. The molecular formula is C15H13N3O3S. The number of carbonyl (C=O) groups is 2. The molecule has 0 saturated heterocycles. The number of thiazole rings is 1. The van der Waals surface area contributed by atoms with E-state index in [9.17, 15) is 9.59 Å². The number of nitrogens with zero attached hydrogens (tertiary/aromatic N) is 1. The zero-order chi connectivity index (χ0) is 15.7. The molecule has 3 N–H and O–H groups in total. The Labute approximate surface area is 129 Å². The Balaban J connectivity index is 1.82. The summed E-state index contributed by atoms with van der Waals surface area (Å²) in [5, 5.41) is 5.67. The van der Waals surface area contributed by atoms with Crippen LogP contribution in [0, 0.1) is 6.92 Å². The minimum absolute atomic E-state index is 0.0516. The summed E-state index contributed by atoms with van der Waals surface area (Å²) in [6, 6.07) is 7.46. The maximum absolute atomic E-state index is 12.3. The number of nitrogens with one attached hydrogen (secondary N) is 1. The highest BCUT2D eigenvalue weighted by Crippen LogP contribution is 2.26. The molecule has 2 aromatic heterocycles. The standard InChI is InChI=1S/C15H13N3O3S/c1-8-10-4-2-3-5-11(10)21-13(8)14(20)18-15-17-9(7-22-15)6-12(16)19/h2-5,7H,6H2,1H3,(H2,16,19)(H,17,18,20). The summed E-state index contributed by atoms with van der Waals surface area (Å²) in [7, 11) is 0. The number of aromatic nitrogens is 1. The van der Waals surface area contributed by atoms with Crippen molar-refractivity contribution in [2.75, 3.05) is 5.32 Å². The molecule has 1 aromatic carbocycles. The van der Waals surface area contributed by atoms with Crippen LogP contribution >= 0.6 is 11.3 Å². The Kier molecular flexibility index (Phi) is 3.64. The number of fused-ring (bicyclic) bond motifs is 1. The van der Waals surface area contributed by atoms with E-state index in [0.29, 0.717) is 16.4 Å². The third-order valence-electron chi connectivity index (χ3n) is 3.18. The third-order valence-corrected chi connectivity index (χ3v) is 3.98. The zero-order valence-electron chi connectivity index (χ0n) is 11.8. The Morgan fingerprint density at radius 2 is 2.14 bits per heavy atom. The highest BCUT2D eigenvalue weighted by molar-refractivity contribution is 7.14. The molecule has 3 aromatic rings. The third kappa shape index (κ3) is 2.71. The molecule has 0 unspecified atom stereocenters. The van der Waals surface area contributed by atoms with Crippen LogP contribution in [-0.4, -0.2) is 16.8 Å². The first-order chi connectivity index (χ1) is 10.5. The van der Waals surface area contributed by atoms with Crippen LogP contribution in [0.1, 0.15) is 21.8 Å². The van der Waals surface area contributed by atoms with Crippen molar-refractivity contribution in [3.8, 4) is 0 Å². The summed E-state index contributed by atoms with van der Waals surface area (Å²) in [4.78, 5) is 27.3. The van der Waals surface area contributed by atoms with Gasteiger partial charge in [0.2, 0.25) is 5.91 Å². The second-order valence-electron chi connectivity index (χ2n) is 4.79. The monoisotopic (exact) mass is 315 g/mol. The van der Waals surface area contributed by atoms with E-state index in [-0.39, 0.29) is 18.1 Å². The summed E-state index contributed by atoms with van der Waals surface area (Å²) in [5.41, 5.74) is 7.09. The van der Waals surface area contributed by atoms with Crippen LogP contribution in [0.3, 0.4) is 0 Å². The van der Waals surface area contributed by atoms with E-state index in [2.05, 4.69) is 10.3 Å². The predicted octanol–water partition coefficient (Wildman–Crippen LogP) is 2.48. The molecule has 0 spiro atoms. The quantitative estimate of drug-likeness (QED) is 0.772. The van der Waals surface area contributed by atoms with E-state index in [4.69, 9.17) is 10.2 Å². The number of hydrogen-bond donors (Lipinski definition) is 2. The average Bonchev–Trinajstić information content (AvgIpc) is 3.04. The molecule has 2 amide bonds. The fourth-order valence-corrected chi connectivity index (χ4v) is 2.87. The van der Waals surface area contributed by atoms with Gasteiger partial charge in [0.25, 0.3) is 5.91 Å². The van der Waals surface area contributed by atoms with Crippen LogP contribution in [0.15, 0.2) is 34.1 Å². The number of primary amides is 1. The lowest BCUT2D eigenvalue weighted by Crippen LogP contribution is -2.14. The number of rotatable bonds is 4. The normalized spacial score (nSPS) is 10.8. The van der Waals surface area contributed by atoms with Gasteiger partial charge in [0.15, 0.2) is 10.9 Å². The number of hydrogen-bond acceptors (Lipinski definition) is 5. The summed E-state index contributed by atoms with van der Waals surface area (Å²) >= 11 is 1.23. The van der Waals surface area contributed by atoms with Gasteiger partial charge in [-0.25, -0.2) is 4.98 Å². The molecule has 0 aliphatic rings. The van der Waals surface area contributed by atoms with Crippen molar-refractivity contribution < 1.29 is 14.0 Å². The lowest BCUT2D eigenvalue weighted by molar-refractivity contribution is -0.117. The molecule has 0 aliphatic heterocycles. The molecule has 112 valence electrons. The van der Waals surface area contributed by atoms with Crippen LogP contribution < -0.4 is 11.1 Å². The summed E-state index contributed by atoms with van der Waals surface area (Å²) in [6.07, 6.45) is 0.0516. The number of furan rings is 1. The fraction of sp³-hybridized carbons (Fsp3) is 0.133. The first-order valence-corrected chi connectivity index (χ1v) is 7.44. The van der Waals surface area contributed by atoms with Gasteiger partial charge >= 0.3 is 0 Å². The Morgan fingerprint density at radius 1 is 1.36 bits per heavy atom. The van der Waals surface area contributed by atoms with E-state index in [0.717, 1.165) is 10.9 Å². The largest absolute Gasteiger partial charge is 0.451 e. The average molecular weight is 315 g/mol. The van der Waals surface area contributed by atoms with E-state index in [1.54, 1.807) is 5.38 Å². The lowest BCUT2D eigenvalue weighted by atomic mass is 10.1. The second-order valence-corrected chi connectivity index (χ2v) is 5.65. The van der Waals surface area contributed by atoms with E-state index in [1.807, 2.05) is 31.2 Å². The number of nitrogens with two attached hydrogens (primary N) is 1. The Bertz CT molecular complexity index is 866. The van der Waals surface area contributed by atoms with Gasteiger partial charge in [-0.15, -0.1) is 11.3 Å². The smallest absolute Gasteiger partial charge is 0.293 e. The van der Waals surface area contributed by atoms with E-state index < -0.39 is 5.91 Å². The van der Waals surface area contributed by atoms with Gasteiger partial charge in [-0.2, -0.15) is 0 Å². The molecule has 0 saturated carbocycles. The van der Waals surface area contributed by atoms with Crippen LogP contribution in [0.25, 0.3) is 11.0 Å². The van der Waals surface area contributed by atoms with E-state index >= 15 is 0 Å². The minimum atomic E-state index is -0.462. The minimum Gasteiger partial charge on any atom is -0.451 e. The molecule has 22 heavy (non-hydrogen) atoms. The summed E-state index contributed by atoms with van der Waals surface area (Å²) < 4.78 is 5.59. The predicted molar refractivity (Wildman–Crippen MR) is 83.9 cm³/mol. The van der Waals surface area contributed by atoms with Gasteiger partial charge in [-0.3, -0.25) is 14.9 Å². The number of amides is 2. The molecule has 0 aliphatic carbocycles. The van der Waals surface area contributed by atoms with Crippen molar-refractivity contribution in [1.82, 2.24) is 4.98 Å². The van der Waals surface area contributed by atoms with Gasteiger partial charge in [0.05, 0.1) is 12.1 Å². The van der Waals surface area contributed by atoms with Gasteiger partial charge in [-0.1, -0.05) is 18.2 Å². The van der Waals surface area contributed by atoms with E-state index in [1.165, 1.54) is 11.3 Å². The Hall–Kier alpha value is -2.67. The van der Waals surface area contributed by atoms with Crippen molar-refractivity contribution >= 4 is 39.3 Å².